The Kier molecular flexibility index (Phi) is 4.59. The molecule has 0 aliphatic heterocycles. The molecule has 0 bridgehead atoms. The van der Waals surface area contributed by atoms with Gasteiger partial charge in [0, 0.05) is 11.1 Å². The van der Waals surface area contributed by atoms with Crippen molar-refractivity contribution in [3.8, 4) is 0 Å². The van der Waals surface area contributed by atoms with Crippen molar-refractivity contribution < 1.29 is 9.59 Å². The average Bonchev–Trinajstić information content (AvgIpc) is 3.33. The number of amides is 1. The number of nitrogens with zero attached hydrogens (tertiary/aromatic N) is 4. The van der Waals surface area contributed by atoms with Crippen molar-refractivity contribution in [1.29, 1.82) is 0 Å². The number of carbonyl (C=O) groups is 2. The topological polar surface area (TPSA) is 89.8 Å². The lowest BCUT2D eigenvalue weighted by Gasteiger charge is -2.09. The van der Waals surface area contributed by atoms with Crippen LogP contribution in [0, 0.1) is 0 Å². The largest absolute Gasteiger partial charge is 0.306 e. The van der Waals surface area contributed by atoms with Gasteiger partial charge < -0.3 is 5.32 Å². The highest BCUT2D eigenvalue weighted by molar-refractivity contribution is 6.15. The van der Waals surface area contributed by atoms with Crippen LogP contribution >= 0.6 is 0 Å². The molecule has 0 atom stereocenters. The van der Waals surface area contributed by atoms with Crippen LogP contribution in [0.1, 0.15) is 20.7 Å². The van der Waals surface area contributed by atoms with E-state index in [0.29, 0.717) is 28.0 Å². The molecule has 1 N–H and O–H groups in total. The van der Waals surface area contributed by atoms with E-state index < -0.39 is 0 Å². The molecule has 6 aromatic rings. The Labute approximate surface area is 193 Å². The second-order valence-electron chi connectivity index (χ2n) is 7.83. The molecule has 2 aromatic heterocycles. The van der Waals surface area contributed by atoms with E-state index in [1.165, 1.54) is 17.2 Å². The molecular formula is C27H17N5O2. The summed E-state index contributed by atoms with van der Waals surface area (Å²) in [4.78, 5) is 35.0. The third kappa shape index (κ3) is 3.18. The summed E-state index contributed by atoms with van der Waals surface area (Å²) in [6.07, 6.45) is 2.81. The van der Waals surface area contributed by atoms with Crippen molar-refractivity contribution in [1.82, 2.24) is 19.7 Å². The number of fused-ring (bicyclic) bond motifs is 3. The van der Waals surface area contributed by atoms with Gasteiger partial charge in [-0.25, -0.2) is 9.97 Å². The van der Waals surface area contributed by atoms with Crippen molar-refractivity contribution in [3.05, 3.63) is 109 Å². The average molecular weight is 443 g/mol. The predicted octanol–water partition coefficient (Wildman–Crippen LogP) is 5.07. The number of rotatable bonds is 3. The van der Waals surface area contributed by atoms with Crippen molar-refractivity contribution in [2.75, 3.05) is 5.32 Å². The minimum Gasteiger partial charge on any atom is -0.306 e. The molecule has 2 heterocycles. The Morgan fingerprint density at radius 1 is 0.676 bits per heavy atom. The van der Waals surface area contributed by atoms with Crippen LogP contribution in [0.3, 0.4) is 0 Å². The van der Waals surface area contributed by atoms with Crippen molar-refractivity contribution in [2.24, 2.45) is 0 Å². The second kappa shape index (κ2) is 7.90. The van der Waals surface area contributed by atoms with E-state index in [1.807, 2.05) is 72.8 Å². The van der Waals surface area contributed by atoms with E-state index in [0.717, 1.165) is 21.5 Å². The maximum Gasteiger partial charge on any atom is 0.280 e. The molecule has 0 unspecified atom stereocenters. The molecule has 0 fully saturated rings. The zero-order valence-electron chi connectivity index (χ0n) is 17.8. The highest BCUT2D eigenvalue weighted by Gasteiger charge is 2.20. The number of aromatic nitrogens is 4. The first kappa shape index (κ1) is 19.8. The number of benzene rings is 4. The standard InChI is InChI=1S/C27H17N5O2/c33-26(21-13-5-9-17-7-1-3-11-19(17)21)31-24-23-15-30-32(25(23)29-16-28-24)27(34)22-14-6-10-18-8-2-4-12-20(18)22/h1-16H,(H,28,29,31,33). The van der Waals surface area contributed by atoms with E-state index in [1.54, 1.807) is 12.1 Å². The summed E-state index contributed by atoms with van der Waals surface area (Å²) in [6.45, 7) is 0. The molecule has 0 radical (unpaired) electrons. The monoisotopic (exact) mass is 443 g/mol. The van der Waals surface area contributed by atoms with E-state index >= 15 is 0 Å². The van der Waals surface area contributed by atoms with Crippen molar-refractivity contribution >= 4 is 50.2 Å². The molecule has 0 spiro atoms. The highest BCUT2D eigenvalue weighted by atomic mass is 16.2. The molecule has 34 heavy (non-hydrogen) atoms. The van der Waals surface area contributed by atoms with E-state index in [9.17, 15) is 9.59 Å². The number of anilines is 1. The normalized spacial score (nSPS) is 11.2. The fraction of sp³-hybridized carbons (Fsp3) is 0. The van der Waals surface area contributed by atoms with Crippen LogP contribution in [0.2, 0.25) is 0 Å². The van der Waals surface area contributed by atoms with Gasteiger partial charge in [0.15, 0.2) is 5.65 Å². The Morgan fingerprint density at radius 3 is 2.03 bits per heavy atom. The van der Waals surface area contributed by atoms with Gasteiger partial charge in [-0.1, -0.05) is 72.8 Å². The number of hydrogen-bond donors (Lipinski definition) is 1. The Bertz CT molecular complexity index is 1730. The van der Waals surface area contributed by atoms with E-state index in [4.69, 9.17) is 0 Å². The van der Waals surface area contributed by atoms with Gasteiger partial charge in [0.25, 0.3) is 11.8 Å². The minimum absolute atomic E-state index is 0.292. The van der Waals surface area contributed by atoms with Gasteiger partial charge in [-0.05, 0) is 33.7 Å². The van der Waals surface area contributed by atoms with Crippen LogP contribution in [0.4, 0.5) is 5.82 Å². The third-order valence-electron chi connectivity index (χ3n) is 5.84. The first-order valence-corrected chi connectivity index (χ1v) is 10.7. The summed E-state index contributed by atoms with van der Waals surface area (Å²) >= 11 is 0. The molecule has 0 saturated carbocycles. The lowest BCUT2D eigenvalue weighted by Crippen LogP contribution is -2.16. The maximum absolute atomic E-state index is 13.4. The number of carbonyl (C=O) groups excluding carboxylic acids is 2. The molecule has 0 aliphatic carbocycles. The molecular weight excluding hydrogens is 426 g/mol. The van der Waals surface area contributed by atoms with Crippen LogP contribution in [0.5, 0.6) is 0 Å². The summed E-state index contributed by atoms with van der Waals surface area (Å²) in [5.41, 5.74) is 1.37. The SMILES string of the molecule is O=C(Nc1ncnc2c1cnn2C(=O)c1cccc2ccccc12)c1cccc2ccccc12. The lowest BCUT2D eigenvalue weighted by atomic mass is 10.0. The smallest absolute Gasteiger partial charge is 0.280 e. The zero-order valence-corrected chi connectivity index (χ0v) is 17.8. The summed E-state index contributed by atoms with van der Waals surface area (Å²) in [6, 6.07) is 26.5. The quantitative estimate of drug-likeness (QED) is 0.412. The summed E-state index contributed by atoms with van der Waals surface area (Å²) in [7, 11) is 0. The molecule has 0 saturated heterocycles. The Morgan fingerprint density at radius 2 is 1.29 bits per heavy atom. The van der Waals surface area contributed by atoms with Crippen LogP contribution in [0.15, 0.2) is 97.5 Å². The third-order valence-corrected chi connectivity index (χ3v) is 5.84. The molecule has 1 amide bonds. The van der Waals surface area contributed by atoms with Gasteiger partial charge in [-0.15, -0.1) is 0 Å². The van der Waals surface area contributed by atoms with Gasteiger partial charge in [-0.2, -0.15) is 9.78 Å². The summed E-state index contributed by atoms with van der Waals surface area (Å²) in [5, 5.41) is 11.2. The summed E-state index contributed by atoms with van der Waals surface area (Å²) < 4.78 is 1.24. The minimum atomic E-state index is -0.308. The van der Waals surface area contributed by atoms with Crippen LogP contribution in [0.25, 0.3) is 32.6 Å². The predicted molar refractivity (Wildman–Crippen MR) is 131 cm³/mol. The van der Waals surface area contributed by atoms with Gasteiger partial charge >= 0.3 is 0 Å². The molecule has 0 aliphatic rings. The number of hydrogen-bond acceptors (Lipinski definition) is 5. The first-order chi connectivity index (χ1) is 16.7. The molecule has 4 aromatic carbocycles. The summed E-state index contributed by atoms with van der Waals surface area (Å²) in [5.74, 6) is -0.318. The fourth-order valence-electron chi connectivity index (χ4n) is 4.22. The number of nitrogens with one attached hydrogen (secondary N) is 1. The van der Waals surface area contributed by atoms with Crippen LogP contribution in [-0.4, -0.2) is 31.6 Å². The Balaban J connectivity index is 1.39. The highest BCUT2D eigenvalue weighted by Crippen LogP contribution is 2.25. The van der Waals surface area contributed by atoms with Gasteiger partial charge in [-0.3, -0.25) is 9.59 Å². The van der Waals surface area contributed by atoms with E-state index in [2.05, 4.69) is 20.4 Å². The fourth-order valence-corrected chi connectivity index (χ4v) is 4.22. The zero-order chi connectivity index (χ0) is 23.1. The lowest BCUT2D eigenvalue weighted by molar-refractivity contribution is 0.0950. The van der Waals surface area contributed by atoms with E-state index in [-0.39, 0.29) is 11.8 Å². The molecule has 7 heteroatoms. The Hall–Kier alpha value is -4.91. The van der Waals surface area contributed by atoms with Gasteiger partial charge in [0.05, 0.1) is 11.6 Å². The molecule has 6 rings (SSSR count). The molecule has 162 valence electrons. The second-order valence-corrected chi connectivity index (χ2v) is 7.83. The molecule has 7 nitrogen and oxygen atoms in total. The van der Waals surface area contributed by atoms with Gasteiger partial charge in [0.2, 0.25) is 0 Å². The van der Waals surface area contributed by atoms with Crippen molar-refractivity contribution in [2.45, 2.75) is 0 Å². The van der Waals surface area contributed by atoms with Gasteiger partial charge in [0.1, 0.15) is 12.1 Å². The first-order valence-electron chi connectivity index (χ1n) is 10.7. The van der Waals surface area contributed by atoms with Crippen molar-refractivity contribution in [3.63, 3.8) is 0 Å². The van der Waals surface area contributed by atoms with Crippen LogP contribution < -0.4 is 5.32 Å². The maximum atomic E-state index is 13.4. The van der Waals surface area contributed by atoms with Crippen LogP contribution in [-0.2, 0) is 0 Å².